The lowest BCUT2D eigenvalue weighted by atomic mass is 9.98. The van der Waals surface area contributed by atoms with Gasteiger partial charge in [0.2, 0.25) is 5.91 Å². The molecule has 62 heavy (non-hydrogen) atoms. The van der Waals surface area contributed by atoms with Crippen LogP contribution in [0.15, 0.2) is 36.5 Å². The molecule has 11 nitrogen and oxygen atoms in total. The number of rotatable bonds is 42. The highest BCUT2D eigenvalue weighted by atomic mass is 16.7. The maximum Gasteiger partial charge on any atom is 0.249 e. The summed E-state index contributed by atoms with van der Waals surface area (Å²) < 4.78 is 11.1. The minimum absolute atomic E-state index is 0.228. The number of unbranched alkanes of at least 4 members (excludes halogenated alkanes) is 24. The van der Waals surface area contributed by atoms with Crippen LogP contribution < -0.4 is 5.32 Å². The third kappa shape index (κ3) is 29.7. The Bertz CT molecular complexity index is 1100. The van der Waals surface area contributed by atoms with Gasteiger partial charge in [-0.05, 0) is 70.6 Å². The van der Waals surface area contributed by atoms with Crippen LogP contribution in [0.4, 0.5) is 0 Å². The number of carbonyl (C=O) groups excluding carboxylic acids is 1. The summed E-state index contributed by atoms with van der Waals surface area (Å²) in [6.07, 6.45) is 36.6. The summed E-state index contributed by atoms with van der Waals surface area (Å²) in [7, 11) is 0. The van der Waals surface area contributed by atoms with E-state index in [9.17, 15) is 40.5 Å². The van der Waals surface area contributed by atoms with Gasteiger partial charge in [-0.2, -0.15) is 0 Å². The van der Waals surface area contributed by atoms with E-state index in [0.29, 0.717) is 19.3 Å². The number of aliphatic hydroxyl groups is 7. The zero-order valence-corrected chi connectivity index (χ0v) is 39.4. The van der Waals surface area contributed by atoms with Crippen LogP contribution >= 0.6 is 0 Å². The third-order valence-electron chi connectivity index (χ3n) is 12.1. The largest absolute Gasteiger partial charge is 0.394 e. The quantitative estimate of drug-likeness (QED) is 0.0217. The van der Waals surface area contributed by atoms with Crippen LogP contribution in [0, 0.1) is 0 Å². The van der Waals surface area contributed by atoms with Gasteiger partial charge in [-0.25, -0.2) is 0 Å². The highest BCUT2D eigenvalue weighted by molar-refractivity contribution is 5.80. The molecule has 1 aliphatic heterocycles. The van der Waals surface area contributed by atoms with E-state index in [0.717, 1.165) is 51.4 Å². The first kappa shape index (κ1) is 58.3. The van der Waals surface area contributed by atoms with Crippen molar-refractivity contribution in [1.82, 2.24) is 5.32 Å². The molecule has 0 aromatic rings. The molecule has 0 saturated carbocycles. The molecule has 1 amide bonds. The van der Waals surface area contributed by atoms with Crippen LogP contribution in [-0.2, 0) is 14.3 Å². The summed E-state index contributed by atoms with van der Waals surface area (Å²) in [4.78, 5) is 13.0. The maximum absolute atomic E-state index is 13.0. The lowest BCUT2D eigenvalue weighted by Crippen LogP contribution is -2.60. The van der Waals surface area contributed by atoms with Gasteiger partial charge in [0.15, 0.2) is 6.29 Å². The summed E-state index contributed by atoms with van der Waals surface area (Å²) in [6.45, 7) is 3.35. The minimum atomic E-state index is -1.67. The molecule has 0 radical (unpaired) electrons. The molecule has 0 bridgehead atoms. The molecule has 364 valence electrons. The first-order chi connectivity index (χ1) is 30.2. The van der Waals surface area contributed by atoms with E-state index in [1.165, 1.54) is 116 Å². The van der Waals surface area contributed by atoms with Crippen molar-refractivity contribution in [3.8, 4) is 0 Å². The number of aliphatic hydroxyl groups excluding tert-OH is 7. The van der Waals surface area contributed by atoms with Gasteiger partial charge in [0.1, 0.15) is 36.6 Å². The van der Waals surface area contributed by atoms with E-state index in [2.05, 4.69) is 55.6 Å². The van der Waals surface area contributed by atoms with E-state index in [-0.39, 0.29) is 12.8 Å². The van der Waals surface area contributed by atoms with Gasteiger partial charge in [0.25, 0.3) is 0 Å². The predicted octanol–water partition coefficient (Wildman–Crippen LogP) is 9.17. The zero-order valence-electron chi connectivity index (χ0n) is 39.4. The third-order valence-corrected chi connectivity index (χ3v) is 12.1. The number of allylic oxidation sites excluding steroid dienone is 6. The van der Waals surface area contributed by atoms with Crippen molar-refractivity contribution < 1.29 is 50.0 Å². The summed E-state index contributed by atoms with van der Waals surface area (Å²) in [5, 5.41) is 75.5. The molecule has 1 fully saturated rings. The average molecular weight is 882 g/mol. The van der Waals surface area contributed by atoms with Gasteiger partial charge in [-0.1, -0.05) is 179 Å². The fourth-order valence-electron chi connectivity index (χ4n) is 7.91. The standard InChI is InChI=1S/C51H95NO10/c1-3-5-7-9-11-13-14-15-16-17-18-19-20-21-22-23-24-25-26-27-28-29-31-32-34-36-38-43(54)46(56)42(41-61-51-49(59)48(58)47(57)45(40-53)62-51)52-50(60)44(55)39-37-35-33-30-12-10-8-6-4-2/h10,12,26-27,31-32,42-49,51,53-59H,3-9,11,13-25,28-30,33-41H2,1-2H3,(H,52,60)/b12-10-,27-26+,32-31+. The summed E-state index contributed by atoms with van der Waals surface area (Å²) in [5.41, 5.74) is 0. The average Bonchev–Trinajstić information content (AvgIpc) is 3.27. The number of hydrogen-bond donors (Lipinski definition) is 8. The molecule has 9 atom stereocenters. The Labute approximate surface area is 377 Å². The Balaban J connectivity index is 2.34. The number of ether oxygens (including phenoxy) is 2. The van der Waals surface area contributed by atoms with Crippen molar-refractivity contribution in [2.45, 2.75) is 268 Å². The van der Waals surface area contributed by atoms with Crippen LogP contribution in [0.25, 0.3) is 0 Å². The van der Waals surface area contributed by atoms with Crippen molar-refractivity contribution in [3.63, 3.8) is 0 Å². The number of amides is 1. The Hall–Kier alpha value is -1.67. The summed E-state index contributed by atoms with van der Waals surface area (Å²) in [6, 6.07) is -1.20. The van der Waals surface area contributed by atoms with E-state index >= 15 is 0 Å². The van der Waals surface area contributed by atoms with Gasteiger partial charge in [0.05, 0.1) is 25.4 Å². The SMILES string of the molecule is CCCC/C=C\CCCCCC(O)C(=O)NC(COC1OC(CO)C(O)C(O)C1O)C(O)C(O)CCC/C=C/CC/C=C/CCCCCCCCCCCCCCCCCCC. The molecule has 1 heterocycles. The van der Waals surface area contributed by atoms with Crippen LogP contribution in [0.1, 0.15) is 213 Å². The molecule has 0 aliphatic carbocycles. The topological polar surface area (TPSA) is 189 Å². The maximum atomic E-state index is 13.0. The number of hydrogen-bond acceptors (Lipinski definition) is 10. The molecule has 1 rings (SSSR count). The van der Waals surface area contributed by atoms with Gasteiger partial charge in [0, 0.05) is 0 Å². The minimum Gasteiger partial charge on any atom is -0.394 e. The van der Waals surface area contributed by atoms with Gasteiger partial charge >= 0.3 is 0 Å². The number of nitrogens with one attached hydrogen (secondary N) is 1. The molecule has 9 unspecified atom stereocenters. The van der Waals surface area contributed by atoms with E-state index < -0.39 is 74.2 Å². The normalized spacial score (nSPS) is 21.6. The lowest BCUT2D eigenvalue weighted by molar-refractivity contribution is -0.303. The van der Waals surface area contributed by atoms with Gasteiger partial charge in [-0.3, -0.25) is 4.79 Å². The smallest absolute Gasteiger partial charge is 0.249 e. The van der Waals surface area contributed by atoms with Gasteiger partial charge in [-0.15, -0.1) is 0 Å². The second kappa shape index (κ2) is 40.8. The summed E-state index contributed by atoms with van der Waals surface area (Å²) >= 11 is 0. The van der Waals surface area contributed by atoms with Crippen molar-refractivity contribution in [2.24, 2.45) is 0 Å². The van der Waals surface area contributed by atoms with Crippen LogP contribution in [0.2, 0.25) is 0 Å². The Morgan fingerprint density at radius 1 is 0.548 bits per heavy atom. The first-order valence-corrected chi connectivity index (χ1v) is 25.4. The lowest BCUT2D eigenvalue weighted by Gasteiger charge is -2.40. The fraction of sp³-hybridized carbons (Fsp3) is 0.863. The van der Waals surface area contributed by atoms with Crippen LogP contribution in [0.3, 0.4) is 0 Å². The zero-order chi connectivity index (χ0) is 45.5. The molecule has 0 aromatic heterocycles. The molecule has 1 aliphatic rings. The predicted molar refractivity (Wildman–Crippen MR) is 252 cm³/mol. The molecule has 8 N–H and O–H groups in total. The molecular weight excluding hydrogens is 787 g/mol. The highest BCUT2D eigenvalue weighted by Crippen LogP contribution is 2.23. The Morgan fingerprint density at radius 3 is 1.48 bits per heavy atom. The van der Waals surface area contributed by atoms with E-state index in [4.69, 9.17) is 9.47 Å². The molecule has 0 aromatic carbocycles. The van der Waals surface area contributed by atoms with Crippen molar-refractivity contribution in [3.05, 3.63) is 36.5 Å². The summed E-state index contributed by atoms with van der Waals surface area (Å²) in [5.74, 6) is -0.727. The second-order valence-electron chi connectivity index (χ2n) is 17.9. The first-order valence-electron chi connectivity index (χ1n) is 25.4. The molecule has 0 spiro atoms. The Kier molecular flexibility index (Phi) is 38.4. The molecule has 11 heteroatoms. The van der Waals surface area contributed by atoms with E-state index in [1.807, 2.05) is 0 Å². The van der Waals surface area contributed by atoms with E-state index in [1.54, 1.807) is 0 Å². The second-order valence-corrected chi connectivity index (χ2v) is 17.9. The highest BCUT2D eigenvalue weighted by Gasteiger charge is 2.44. The van der Waals surface area contributed by atoms with Crippen LogP contribution in [-0.4, -0.2) is 110 Å². The van der Waals surface area contributed by atoms with Crippen LogP contribution in [0.5, 0.6) is 0 Å². The Morgan fingerprint density at radius 2 is 0.984 bits per heavy atom. The molecular formula is C51H95NO10. The van der Waals surface area contributed by atoms with Crippen molar-refractivity contribution in [1.29, 1.82) is 0 Å². The van der Waals surface area contributed by atoms with Crippen molar-refractivity contribution >= 4 is 5.91 Å². The molecule has 1 saturated heterocycles. The fourth-order valence-corrected chi connectivity index (χ4v) is 7.91. The monoisotopic (exact) mass is 882 g/mol. The van der Waals surface area contributed by atoms with Gasteiger partial charge < -0.3 is 50.5 Å². The van der Waals surface area contributed by atoms with Crippen molar-refractivity contribution in [2.75, 3.05) is 13.2 Å². The number of carbonyl (C=O) groups is 1.